The van der Waals surface area contributed by atoms with Crippen LogP contribution >= 0.6 is 11.3 Å². The first-order valence-corrected chi connectivity index (χ1v) is 9.14. The van der Waals surface area contributed by atoms with Crippen LogP contribution < -0.4 is 10.1 Å². The minimum Gasteiger partial charge on any atom is -0.462 e. The number of rotatable bonds is 8. The number of hydrogen-bond acceptors (Lipinski definition) is 6. The molecule has 0 atom stereocenters. The average Bonchev–Trinajstić information content (AvgIpc) is 3.03. The third kappa shape index (κ3) is 6.54. The van der Waals surface area contributed by atoms with Gasteiger partial charge in [0.15, 0.2) is 0 Å². The largest absolute Gasteiger partial charge is 0.573 e. The fraction of sp³-hybridized carbons (Fsp3) is 0.333. The first-order valence-electron chi connectivity index (χ1n) is 8.26. The predicted octanol–water partition coefficient (Wildman–Crippen LogP) is 3.89. The van der Waals surface area contributed by atoms with E-state index in [1.54, 1.807) is 31.5 Å². The molecule has 1 aromatic carbocycles. The molecular weight excluding hydrogens is 397 g/mol. The van der Waals surface area contributed by atoms with Crippen molar-refractivity contribution in [2.45, 2.75) is 19.8 Å². The number of nitrogens with zero attached hydrogens (tertiary/aromatic N) is 1. The lowest BCUT2D eigenvalue weighted by molar-refractivity contribution is -0.275. The van der Waals surface area contributed by atoms with Crippen molar-refractivity contribution in [3.05, 3.63) is 46.8 Å². The standard InChI is InChI=1S/C18H19F3N2O4S/c1-3-26-17(25)13-8-9-28-16(13)22-15(24)11-23(2)10-12-6-4-5-7-14(12)27-18(19,20)21/h4-9H,3,10-11H2,1-2H3,(H,22,24). The number of para-hydroxylation sites is 1. The maximum atomic E-state index is 12.5. The number of thiophene rings is 1. The van der Waals surface area contributed by atoms with Gasteiger partial charge in [-0.05, 0) is 31.5 Å². The molecule has 6 nitrogen and oxygen atoms in total. The lowest BCUT2D eigenvalue weighted by atomic mass is 10.2. The van der Waals surface area contributed by atoms with E-state index in [0.29, 0.717) is 10.6 Å². The second kappa shape index (κ2) is 9.56. The molecule has 0 aliphatic carbocycles. The van der Waals surface area contributed by atoms with E-state index in [2.05, 4.69) is 10.1 Å². The fourth-order valence-corrected chi connectivity index (χ4v) is 3.18. The quantitative estimate of drug-likeness (QED) is 0.662. The average molecular weight is 416 g/mol. The van der Waals surface area contributed by atoms with Gasteiger partial charge in [-0.3, -0.25) is 9.69 Å². The van der Waals surface area contributed by atoms with E-state index in [9.17, 15) is 22.8 Å². The van der Waals surface area contributed by atoms with Crippen molar-refractivity contribution in [3.8, 4) is 5.75 Å². The SMILES string of the molecule is CCOC(=O)c1ccsc1NC(=O)CN(C)Cc1ccccc1OC(F)(F)F. The van der Waals surface area contributed by atoms with Crippen LogP contribution in [-0.4, -0.2) is 43.3 Å². The Morgan fingerprint density at radius 3 is 2.61 bits per heavy atom. The second-order valence-corrected chi connectivity index (χ2v) is 6.68. The molecule has 10 heteroatoms. The van der Waals surface area contributed by atoms with Crippen molar-refractivity contribution in [1.29, 1.82) is 0 Å². The van der Waals surface area contributed by atoms with Crippen molar-refractivity contribution in [2.75, 3.05) is 25.5 Å². The molecule has 0 aliphatic heterocycles. The summed E-state index contributed by atoms with van der Waals surface area (Å²) in [5.74, 6) is -1.26. The lowest BCUT2D eigenvalue weighted by Crippen LogP contribution is -2.30. The van der Waals surface area contributed by atoms with Crippen molar-refractivity contribution in [2.24, 2.45) is 0 Å². The normalized spacial score (nSPS) is 11.4. The molecule has 28 heavy (non-hydrogen) atoms. The minimum atomic E-state index is -4.80. The highest BCUT2D eigenvalue weighted by atomic mass is 32.1. The minimum absolute atomic E-state index is 0.0643. The molecule has 152 valence electrons. The summed E-state index contributed by atoms with van der Waals surface area (Å²) < 4.78 is 46.4. The highest BCUT2D eigenvalue weighted by Gasteiger charge is 2.32. The molecule has 0 saturated carbocycles. The molecule has 0 unspecified atom stereocenters. The van der Waals surface area contributed by atoms with Gasteiger partial charge in [0.2, 0.25) is 5.91 Å². The molecular formula is C18H19F3N2O4S. The zero-order valence-electron chi connectivity index (χ0n) is 15.2. The Morgan fingerprint density at radius 1 is 1.21 bits per heavy atom. The molecule has 0 radical (unpaired) electrons. The number of amides is 1. The van der Waals surface area contributed by atoms with Gasteiger partial charge in [-0.25, -0.2) is 4.79 Å². The highest BCUT2D eigenvalue weighted by Crippen LogP contribution is 2.27. The number of alkyl halides is 3. The maximum absolute atomic E-state index is 12.5. The number of anilines is 1. The molecule has 0 saturated heterocycles. The number of ether oxygens (including phenoxy) is 2. The third-order valence-corrected chi connectivity index (χ3v) is 4.30. The van der Waals surface area contributed by atoms with Crippen LogP contribution in [-0.2, 0) is 16.1 Å². The summed E-state index contributed by atoms with van der Waals surface area (Å²) in [6.07, 6.45) is -4.80. The Labute approximate surface area is 163 Å². The Bertz CT molecular complexity index is 823. The number of carbonyl (C=O) groups is 2. The summed E-state index contributed by atoms with van der Waals surface area (Å²) >= 11 is 1.18. The molecule has 0 aliphatic rings. The third-order valence-electron chi connectivity index (χ3n) is 3.47. The van der Waals surface area contributed by atoms with Crippen molar-refractivity contribution in [3.63, 3.8) is 0 Å². The Hall–Kier alpha value is -2.59. The van der Waals surface area contributed by atoms with E-state index in [1.807, 2.05) is 0 Å². The number of hydrogen-bond donors (Lipinski definition) is 1. The Balaban J connectivity index is 1.97. The van der Waals surface area contributed by atoms with Crippen LogP contribution in [0.25, 0.3) is 0 Å². The van der Waals surface area contributed by atoms with Crippen molar-refractivity contribution in [1.82, 2.24) is 4.90 Å². The smallest absolute Gasteiger partial charge is 0.462 e. The van der Waals surface area contributed by atoms with Crippen LogP contribution in [0.2, 0.25) is 0 Å². The number of esters is 1. The van der Waals surface area contributed by atoms with E-state index < -0.39 is 18.2 Å². The first kappa shape index (κ1) is 21.7. The van der Waals surface area contributed by atoms with Crippen LogP contribution in [0.3, 0.4) is 0 Å². The molecule has 1 N–H and O–H groups in total. The lowest BCUT2D eigenvalue weighted by Gasteiger charge is -2.19. The summed E-state index contributed by atoms with van der Waals surface area (Å²) in [6, 6.07) is 7.28. The summed E-state index contributed by atoms with van der Waals surface area (Å²) in [5, 5.41) is 4.63. The number of benzene rings is 1. The van der Waals surface area contributed by atoms with Gasteiger partial charge in [0, 0.05) is 12.1 Å². The van der Waals surface area contributed by atoms with Crippen LogP contribution in [0.1, 0.15) is 22.8 Å². The molecule has 0 bridgehead atoms. The van der Waals surface area contributed by atoms with Gasteiger partial charge in [0.25, 0.3) is 0 Å². The van der Waals surface area contributed by atoms with Crippen LogP contribution in [0, 0.1) is 0 Å². The van der Waals surface area contributed by atoms with Crippen molar-refractivity contribution >= 4 is 28.2 Å². The topological polar surface area (TPSA) is 67.9 Å². The molecule has 0 fully saturated rings. The van der Waals surface area contributed by atoms with Crippen LogP contribution in [0.15, 0.2) is 35.7 Å². The van der Waals surface area contributed by atoms with Gasteiger partial charge in [-0.2, -0.15) is 0 Å². The van der Waals surface area contributed by atoms with Gasteiger partial charge in [-0.15, -0.1) is 24.5 Å². The van der Waals surface area contributed by atoms with Gasteiger partial charge >= 0.3 is 12.3 Å². The monoisotopic (exact) mass is 416 g/mol. The molecule has 2 rings (SSSR count). The van der Waals surface area contributed by atoms with E-state index in [4.69, 9.17) is 4.74 Å². The molecule has 1 aromatic heterocycles. The summed E-state index contributed by atoms with van der Waals surface area (Å²) in [5.41, 5.74) is 0.547. The molecule has 1 heterocycles. The first-order chi connectivity index (χ1) is 13.2. The van der Waals surface area contributed by atoms with Crippen molar-refractivity contribution < 1.29 is 32.2 Å². The summed E-state index contributed by atoms with van der Waals surface area (Å²) in [4.78, 5) is 25.6. The molecule has 1 amide bonds. The van der Waals surface area contributed by atoms with Gasteiger partial charge < -0.3 is 14.8 Å². The second-order valence-electron chi connectivity index (χ2n) is 5.76. The number of likely N-dealkylation sites (N-methyl/N-ethyl adjacent to an activating group) is 1. The predicted molar refractivity (Wildman–Crippen MR) is 98.4 cm³/mol. The van der Waals surface area contributed by atoms with E-state index in [1.165, 1.54) is 34.4 Å². The van der Waals surface area contributed by atoms with Gasteiger partial charge in [0.05, 0.1) is 18.7 Å². The van der Waals surface area contributed by atoms with Crippen LogP contribution in [0.5, 0.6) is 5.75 Å². The number of halogens is 3. The summed E-state index contributed by atoms with van der Waals surface area (Å²) in [7, 11) is 1.59. The molecule has 2 aromatic rings. The Morgan fingerprint density at radius 2 is 1.93 bits per heavy atom. The van der Waals surface area contributed by atoms with Gasteiger partial charge in [-0.1, -0.05) is 18.2 Å². The maximum Gasteiger partial charge on any atom is 0.573 e. The molecule has 0 spiro atoms. The van der Waals surface area contributed by atoms with Gasteiger partial charge in [0.1, 0.15) is 10.8 Å². The Kier molecular flexibility index (Phi) is 7.41. The summed E-state index contributed by atoms with van der Waals surface area (Å²) in [6.45, 7) is 1.86. The van der Waals surface area contributed by atoms with Crippen LogP contribution in [0.4, 0.5) is 18.2 Å². The van der Waals surface area contributed by atoms with E-state index in [0.717, 1.165) is 0 Å². The fourth-order valence-electron chi connectivity index (χ4n) is 2.39. The number of nitrogens with one attached hydrogen (secondary N) is 1. The van der Waals surface area contributed by atoms with E-state index >= 15 is 0 Å². The van der Waals surface area contributed by atoms with E-state index in [-0.39, 0.29) is 31.0 Å². The zero-order chi connectivity index (χ0) is 20.7. The number of carbonyl (C=O) groups excluding carboxylic acids is 2. The zero-order valence-corrected chi connectivity index (χ0v) is 16.0. The highest BCUT2D eigenvalue weighted by molar-refractivity contribution is 7.14.